The highest BCUT2D eigenvalue weighted by atomic mass is 16.4. The number of hydrogen-bond acceptors (Lipinski definition) is 7. The molecule has 190 valence electrons. The fraction of sp³-hybridized carbons (Fsp3) is 0.565. The molecule has 0 saturated carbocycles. The zero-order valence-corrected chi connectivity index (χ0v) is 19.9. The number of carboxylic acids is 1. The van der Waals surface area contributed by atoms with Crippen LogP contribution in [0.2, 0.25) is 0 Å². The minimum Gasteiger partial charge on any atom is -0.480 e. The summed E-state index contributed by atoms with van der Waals surface area (Å²) < 4.78 is 0. The van der Waals surface area contributed by atoms with Gasteiger partial charge in [-0.15, -0.1) is 0 Å². The number of aliphatic hydroxyl groups excluding tert-OH is 2. The average Bonchev–Trinajstić information content (AvgIpc) is 2.75. The molecule has 8 N–H and O–H groups in total. The van der Waals surface area contributed by atoms with Crippen LogP contribution in [-0.2, 0) is 25.6 Å². The van der Waals surface area contributed by atoms with E-state index in [1.54, 1.807) is 30.3 Å². The Balaban J connectivity index is 3.11. The van der Waals surface area contributed by atoms with Gasteiger partial charge in [0.05, 0.1) is 12.2 Å². The van der Waals surface area contributed by atoms with Crippen LogP contribution in [0.15, 0.2) is 30.3 Å². The molecule has 6 atom stereocenters. The fourth-order valence-electron chi connectivity index (χ4n) is 3.16. The first-order valence-corrected chi connectivity index (χ1v) is 11.1. The third kappa shape index (κ3) is 9.46. The Morgan fingerprint density at radius 1 is 0.824 bits per heavy atom. The first-order valence-electron chi connectivity index (χ1n) is 11.1. The molecular formula is C23H36N4O7. The zero-order valence-electron chi connectivity index (χ0n) is 19.9. The van der Waals surface area contributed by atoms with Crippen molar-refractivity contribution >= 4 is 23.7 Å². The SMILES string of the molecule is CC(C)CC(NC(=O)C(Cc1ccccc1)NC(=O)C(N)C(C)O)C(=O)NC(C(=O)O)C(C)O. The quantitative estimate of drug-likeness (QED) is 0.185. The van der Waals surface area contributed by atoms with Gasteiger partial charge in [0.25, 0.3) is 0 Å². The van der Waals surface area contributed by atoms with Crippen molar-refractivity contribution in [2.24, 2.45) is 11.7 Å². The number of nitrogens with two attached hydrogens (primary N) is 1. The van der Waals surface area contributed by atoms with Crippen molar-refractivity contribution < 1.29 is 34.5 Å². The molecule has 0 aliphatic carbocycles. The fourth-order valence-corrected chi connectivity index (χ4v) is 3.16. The van der Waals surface area contributed by atoms with E-state index in [0.717, 1.165) is 5.56 Å². The van der Waals surface area contributed by atoms with Gasteiger partial charge in [-0.2, -0.15) is 0 Å². The molecule has 1 aromatic carbocycles. The minimum absolute atomic E-state index is 0.0447. The summed E-state index contributed by atoms with van der Waals surface area (Å²) in [5.74, 6) is -3.66. The molecular weight excluding hydrogens is 444 g/mol. The van der Waals surface area contributed by atoms with E-state index in [9.17, 15) is 34.5 Å². The number of amides is 3. The maximum absolute atomic E-state index is 13.2. The van der Waals surface area contributed by atoms with E-state index in [2.05, 4.69) is 16.0 Å². The molecule has 0 spiro atoms. The second-order valence-electron chi connectivity index (χ2n) is 8.77. The van der Waals surface area contributed by atoms with Gasteiger partial charge in [-0.3, -0.25) is 14.4 Å². The molecule has 1 rings (SSSR count). The molecule has 0 heterocycles. The number of carbonyl (C=O) groups excluding carboxylic acids is 3. The van der Waals surface area contributed by atoms with Gasteiger partial charge in [-0.1, -0.05) is 44.2 Å². The smallest absolute Gasteiger partial charge is 0.328 e. The Hall–Kier alpha value is -3.02. The highest BCUT2D eigenvalue weighted by Crippen LogP contribution is 2.09. The summed E-state index contributed by atoms with van der Waals surface area (Å²) >= 11 is 0. The molecule has 0 bridgehead atoms. The standard InChI is InChI=1S/C23H36N4O7/c1-12(2)10-16(21(31)27-19(14(4)29)23(33)34)25-20(30)17(11-15-8-6-5-7-9-15)26-22(32)18(24)13(3)28/h5-9,12-14,16-19,28-29H,10-11,24H2,1-4H3,(H,25,30)(H,26,32)(H,27,31)(H,33,34). The molecule has 0 fully saturated rings. The Morgan fingerprint density at radius 3 is 1.82 bits per heavy atom. The second kappa shape index (κ2) is 13.6. The van der Waals surface area contributed by atoms with Crippen molar-refractivity contribution in [3.8, 4) is 0 Å². The van der Waals surface area contributed by atoms with Gasteiger partial charge in [0.2, 0.25) is 17.7 Å². The number of carboxylic acid groups (broad SMARTS) is 1. The van der Waals surface area contributed by atoms with Crippen LogP contribution in [0.3, 0.4) is 0 Å². The molecule has 0 saturated heterocycles. The summed E-state index contributed by atoms with van der Waals surface area (Å²) in [5.41, 5.74) is 6.43. The average molecular weight is 481 g/mol. The van der Waals surface area contributed by atoms with Crippen LogP contribution < -0.4 is 21.7 Å². The largest absolute Gasteiger partial charge is 0.480 e. The van der Waals surface area contributed by atoms with E-state index < -0.39 is 60.1 Å². The predicted molar refractivity (Wildman–Crippen MR) is 124 cm³/mol. The lowest BCUT2D eigenvalue weighted by Gasteiger charge is -2.27. The highest BCUT2D eigenvalue weighted by molar-refractivity contribution is 5.94. The molecule has 11 nitrogen and oxygen atoms in total. The lowest BCUT2D eigenvalue weighted by atomic mass is 10.00. The minimum atomic E-state index is -1.55. The van der Waals surface area contributed by atoms with E-state index >= 15 is 0 Å². The summed E-state index contributed by atoms with van der Waals surface area (Å²) in [4.78, 5) is 49.7. The molecule has 1 aromatic rings. The Labute approximate surface area is 199 Å². The summed E-state index contributed by atoms with van der Waals surface area (Å²) in [6.45, 7) is 6.22. The third-order valence-corrected chi connectivity index (χ3v) is 5.12. The zero-order chi connectivity index (χ0) is 26.0. The van der Waals surface area contributed by atoms with Gasteiger partial charge in [0, 0.05) is 6.42 Å². The number of nitrogens with one attached hydrogen (secondary N) is 3. The molecule has 3 amide bonds. The monoisotopic (exact) mass is 480 g/mol. The van der Waals surface area contributed by atoms with Crippen molar-refractivity contribution in [2.45, 2.75) is 76.9 Å². The van der Waals surface area contributed by atoms with Crippen LogP contribution in [0, 0.1) is 5.92 Å². The van der Waals surface area contributed by atoms with Crippen molar-refractivity contribution in [1.82, 2.24) is 16.0 Å². The third-order valence-electron chi connectivity index (χ3n) is 5.12. The number of benzene rings is 1. The molecule has 34 heavy (non-hydrogen) atoms. The normalized spacial score (nSPS) is 16.5. The highest BCUT2D eigenvalue weighted by Gasteiger charge is 2.32. The lowest BCUT2D eigenvalue weighted by Crippen LogP contribution is -2.59. The van der Waals surface area contributed by atoms with Crippen LogP contribution >= 0.6 is 0 Å². The number of aliphatic hydroxyl groups is 2. The molecule has 0 aliphatic heterocycles. The maximum Gasteiger partial charge on any atom is 0.328 e. The summed E-state index contributed by atoms with van der Waals surface area (Å²) in [5, 5.41) is 35.9. The van der Waals surface area contributed by atoms with Crippen molar-refractivity contribution in [1.29, 1.82) is 0 Å². The van der Waals surface area contributed by atoms with Crippen molar-refractivity contribution in [2.75, 3.05) is 0 Å². The van der Waals surface area contributed by atoms with E-state index in [0.29, 0.717) is 0 Å². The molecule has 0 aliphatic rings. The van der Waals surface area contributed by atoms with Crippen LogP contribution in [0.4, 0.5) is 0 Å². The molecule has 11 heteroatoms. The van der Waals surface area contributed by atoms with Gasteiger partial charge in [-0.05, 0) is 31.7 Å². The lowest BCUT2D eigenvalue weighted by molar-refractivity contribution is -0.145. The van der Waals surface area contributed by atoms with E-state index in [1.807, 2.05) is 13.8 Å². The first-order chi connectivity index (χ1) is 15.8. The number of aliphatic carboxylic acids is 1. The number of rotatable bonds is 13. The number of hydrogen-bond donors (Lipinski definition) is 7. The molecule has 6 unspecified atom stereocenters. The van der Waals surface area contributed by atoms with Gasteiger partial charge < -0.3 is 37.0 Å². The van der Waals surface area contributed by atoms with E-state index in [1.165, 1.54) is 13.8 Å². The van der Waals surface area contributed by atoms with Gasteiger partial charge in [-0.25, -0.2) is 4.79 Å². The Morgan fingerprint density at radius 2 is 1.35 bits per heavy atom. The van der Waals surface area contributed by atoms with Gasteiger partial charge in [0.15, 0.2) is 6.04 Å². The summed E-state index contributed by atoms with van der Waals surface area (Å²) in [7, 11) is 0. The van der Waals surface area contributed by atoms with Crippen LogP contribution in [0.25, 0.3) is 0 Å². The van der Waals surface area contributed by atoms with Gasteiger partial charge in [0.1, 0.15) is 18.1 Å². The topological polar surface area (TPSA) is 191 Å². The van der Waals surface area contributed by atoms with E-state index in [-0.39, 0.29) is 18.8 Å². The Kier molecular flexibility index (Phi) is 11.6. The second-order valence-corrected chi connectivity index (χ2v) is 8.77. The predicted octanol–water partition coefficient (Wildman–Crippen LogP) is -1.10. The van der Waals surface area contributed by atoms with Crippen molar-refractivity contribution in [3.63, 3.8) is 0 Å². The summed E-state index contributed by atoms with van der Waals surface area (Å²) in [6.07, 6.45) is -2.23. The molecule has 0 aromatic heterocycles. The summed E-state index contributed by atoms with van der Waals surface area (Å²) in [6, 6.07) is 3.81. The van der Waals surface area contributed by atoms with Crippen LogP contribution in [0.5, 0.6) is 0 Å². The van der Waals surface area contributed by atoms with Crippen LogP contribution in [-0.4, -0.2) is 75.4 Å². The van der Waals surface area contributed by atoms with E-state index in [4.69, 9.17) is 5.73 Å². The van der Waals surface area contributed by atoms with Crippen LogP contribution in [0.1, 0.15) is 39.7 Å². The number of carbonyl (C=O) groups is 4. The molecule has 0 radical (unpaired) electrons. The first kappa shape index (κ1) is 29.0. The van der Waals surface area contributed by atoms with Crippen molar-refractivity contribution in [3.05, 3.63) is 35.9 Å². The Bertz CT molecular complexity index is 830. The maximum atomic E-state index is 13.2. The van der Waals surface area contributed by atoms with Gasteiger partial charge >= 0.3 is 5.97 Å².